The summed E-state index contributed by atoms with van der Waals surface area (Å²) in [5.74, 6) is 0. The molecule has 0 fully saturated rings. The first kappa shape index (κ1) is 94.3. The Labute approximate surface area is 312 Å². The third-order valence-corrected chi connectivity index (χ3v) is 0. The van der Waals surface area contributed by atoms with E-state index in [1.54, 1.807) is 0 Å². The molecule has 0 aliphatic rings. The van der Waals surface area contributed by atoms with Gasteiger partial charge in [0.1, 0.15) is 0 Å². The van der Waals surface area contributed by atoms with Crippen molar-refractivity contribution in [3.8, 4) is 0 Å². The van der Waals surface area contributed by atoms with Gasteiger partial charge in [-0.1, -0.05) is 0 Å². The van der Waals surface area contributed by atoms with E-state index in [9.17, 15) is 0 Å². The molecule has 0 bridgehead atoms. The van der Waals surface area contributed by atoms with Crippen LogP contribution in [0.3, 0.4) is 0 Å². The Bertz CT molecular complexity index is 587. The molecule has 0 aromatic rings. The maximum Gasteiger partial charge on any atom is 6.00 e. The van der Waals surface area contributed by atoms with Gasteiger partial charge in [-0.15, -0.1) is 0 Å². The normalized spacial score (nSPS) is 8.40. The second-order valence-corrected chi connectivity index (χ2v) is 9.10. The van der Waals surface area contributed by atoms with Crippen molar-refractivity contribution in [2.24, 2.45) is 0 Å². The molecule has 0 aliphatic carbocycles. The quantitative estimate of drug-likeness (QED) is 0.0803. The van der Waals surface area contributed by atoms with Crippen LogP contribution < -0.4 is 0 Å². The molecule has 0 aromatic heterocycles. The second-order valence-electron chi connectivity index (χ2n) is 3.03. The van der Waals surface area contributed by atoms with Crippen LogP contribution in [-0.2, 0) is 96.9 Å². The van der Waals surface area contributed by atoms with E-state index in [0.717, 1.165) is 0 Å². The Morgan fingerprint density at radius 1 is 0.160 bits per heavy atom. The summed E-state index contributed by atoms with van der Waals surface area (Å²) >= 11 is 0. The van der Waals surface area contributed by atoms with Crippen molar-refractivity contribution in [1.82, 2.24) is 0 Å². The fourth-order valence-electron chi connectivity index (χ4n) is 0. The fourth-order valence-corrected chi connectivity index (χ4v) is 0. The molecule has 50 heteroatoms. The minimum atomic E-state index is -2.87. The number of hydrogen-bond donors (Lipinski definition) is 24. The summed E-state index contributed by atoms with van der Waals surface area (Å²) in [5, 5.41) is 0. The van der Waals surface area contributed by atoms with Gasteiger partial charge in [-0.25, -0.2) is 0 Å². The summed E-state index contributed by atoms with van der Waals surface area (Å²) in [4.78, 5) is 171. The summed E-state index contributed by atoms with van der Waals surface area (Å²) in [6.07, 6.45) is 0. The molecule has 50 heavy (non-hydrogen) atoms. The van der Waals surface area contributed by atoms with E-state index in [1.807, 2.05) is 0 Å². The van der Waals surface area contributed by atoms with E-state index in [-0.39, 0.29) is 42.1 Å². The summed E-state index contributed by atoms with van der Waals surface area (Å²) in [6.45, 7) is 0. The zero-order valence-corrected chi connectivity index (χ0v) is 37.5. The van der Waals surface area contributed by atoms with Gasteiger partial charge in [0.2, 0.25) is 0 Å². The molecule has 0 unspecified atom stereocenters. The maximum absolute atomic E-state index is 8.70. The van der Waals surface area contributed by atoms with Gasteiger partial charge in [0.15, 0.2) is 0 Å². The molecule has 0 aliphatic heterocycles. The summed E-state index contributed by atoms with van der Waals surface area (Å²) in [7, 11) is -34.4. The molecule has 0 aromatic carbocycles. The van der Waals surface area contributed by atoms with Crippen molar-refractivity contribution >= 4 is 99.1 Å². The predicted molar refractivity (Wildman–Crippen MR) is 145 cm³/mol. The van der Waals surface area contributed by atoms with Gasteiger partial charge in [-0.2, -0.15) is 0 Å². The molecule has 36 nitrogen and oxygen atoms in total. The smallest absolute Gasteiger partial charge is 0.485 e. The van der Waals surface area contributed by atoms with Gasteiger partial charge in [-0.3, -0.25) is 0 Å². The Morgan fingerprint density at radius 3 is 0.160 bits per heavy atom. The Morgan fingerprint density at radius 2 is 0.160 bits per heavy atom. The molecule has 0 spiro atoms. The molecule has 0 saturated carbocycles. The van der Waals surface area contributed by atoms with Gasteiger partial charge in [-0.05, 0) is 0 Å². The van der Waals surface area contributed by atoms with Crippen molar-refractivity contribution < 1.29 is 214 Å². The topological polar surface area (TPSA) is 690 Å². The molecule has 0 radical (unpaired) electrons. The molecule has 0 atom stereocenters. The van der Waals surface area contributed by atoms with E-state index in [1.165, 1.54) is 0 Å². The van der Waals surface area contributed by atoms with E-state index >= 15 is 0 Å². The van der Waals surface area contributed by atoms with Crippen LogP contribution in [0, 0.1) is 0 Å². The number of rotatable bonds is 0. The van der Waals surface area contributed by atoms with Crippen LogP contribution in [0.1, 0.15) is 0 Å². The number of hydrogen-bond acceptors (Lipinski definition) is 12. The van der Waals surface area contributed by atoms with Crippen molar-refractivity contribution in [3.05, 3.63) is 0 Å². The van der Waals surface area contributed by atoms with Crippen LogP contribution in [0.15, 0.2) is 0 Å². The fraction of sp³-hybridized carbons (Fsp3) is 0. The Hall–Kier alpha value is 3.18. The summed E-state index contributed by atoms with van der Waals surface area (Å²) < 4.78 is 104. The monoisotopic (exact) mass is 1250 g/mol. The van der Waals surface area contributed by atoms with Crippen molar-refractivity contribution in [3.63, 3.8) is 0 Å². The molecule has 312 valence electrons. The Balaban J connectivity index is -0.0000000235. The minimum absolute atomic E-state index is 0. The standard InChI is InChI=1S/Mo.12H2O3P.W/c;12*1-4(2)3;/h;12*(H2,1,2,3);/q+6;12*-1;+6. The first-order chi connectivity index (χ1) is 20.8. The zero-order chi connectivity index (χ0) is 42.9. The van der Waals surface area contributed by atoms with Crippen LogP contribution in [-0.4, -0.2) is 117 Å². The Kier molecular flexibility index (Phi) is 168. The molecule has 24 N–H and O–H groups in total. The van der Waals surface area contributed by atoms with Gasteiger partial charge in [0, 0.05) is 0 Å². The summed E-state index contributed by atoms with van der Waals surface area (Å²) in [5.41, 5.74) is 0. The van der Waals surface area contributed by atoms with Crippen LogP contribution >= 0.6 is 99.1 Å². The zero-order valence-electron chi connectivity index (χ0n) is 21.8. The van der Waals surface area contributed by atoms with Crippen molar-refractivity contribution in [2.45, 2.75) is 0 Å². The molecule has 0 saturated heterocycles. The van der Waals surface area contributed by atoms with Crippen LogP contribution in [0.25, 0.3) is 0 Å². The van der Waals surface area contributed by atoms with E-state index < -0.39 is 99.1 Å². The third-order valence-electron chi connectivity index (χ3n) is 0. The molecular formula is H24MoO36P12W. The third kappa shape index (κ3) is 12800. The van der Waals surface area contributed by atoms with Gasteiger partial charge in [0.25, 0.3) is 0 Å². The van der Waals surface area contributed by atoms with Crippen LogP contribution in [0.2, 0.25) is 0 Å². The SMILES string of the molecule is O=[P-](O)O.O=[P-](O)O.O=[P-](O)O.O=[P-](O)O.O=[P-](O)O.O=[P-](O)O.O=[P-](O)O.O=[P-](O)O.O=[P-](O)O.O=[P-](O)O.O=[P-](O)O.O=[P-](O)O.[Mo+6].[W+6]. The largest absolute Gasteiger partial charge is 6.00 e. The molecule has 0 rings (SSSR count). The van der Waals surface area contributed by atoms with Crippen molar-refractivity contribution in [1.29, 1.82) is 0 Å². The average molecular weight is 1250 g/mol. The maximum atomic E-state index is 8.70. The van der Waals surface area contributed by atoms with Gasteiger partial charge < -0.3 is 172 Å². The van der Waals surface area contributed by atoms with Crippen LogP contribution in [0.5, 0.6) is 0 Å². The minimum Gasteiger partial charge on any atom is -0.485 e. The molecular weight excluding hydrogens is 1230 g/mol. The molecule has 0 heterocycles. The first-order valence-electron chi connectivity index (χ1n) is 6.99. The van der Waals surface area contributed by atoms with E-state index in [4.69, 9.17) is 172 Å². The van der Waals surface area contributed by atoms with Crippen LogP contribution in [0.4, 0.5) is 0 Å². The second kappa shape index (κ2) is 89.0. The average Bonchev–Trinajstić information content (AvgIpc) is 2.61. The van der Waals surface area contributed by atoms with Gasteiger partial charge >= 0.3 is 42.1 Å². The van der Waals surface area contributed by atoms with E-state index in [2.05, 4.69) is 0 Å². The molecule has 0 amide bonds. The van der Waals surface area contributed by atoms with Gasteiger partial charge in [0.05, 0.1) is 99.1 Å². The van der Waals surface area contributed by atoms with Crippen molar-refractivity contribution in [2.75, 3.05) is 0 Å². The summed E-state index contributed by atoms with van der Waals surface area (Å²) in [6, 6.07) is 0. The predicted octanol–water partition coefficient (Wildman–Crippen LogP) is -4.46. The van der Waals surface area contributed by atoms with E-state index in [0.29, 0.717) is 0 Å². The first-order valence-corrected chi connectivity index (χ1v) is 21.0.